The number of carbonyl (C=O) groups is 2. The third-order valence-electron chi connectivity index (χ3n) is 4.74. The molecule has 158 valence electrons. The SMILES string of the molecule is CCCCOc1ccc(C(=O)OCC(=O)c2c(C)[nH]c3ccccc23)cc1OCC. The Balaban J connectivity index is 1.70. The Bertz CT molecular complexity index is 1040. The number of fused-ring (bicyclic) bond motifs is 1. The summed E-state index contributed by atoms with van der Waals surface area (Å²) in [6, 6.07) is 12.5. The predicted octanol–water partition coefficient (Wildman–Crippen LogP) is 5.09. The van der Waals surface area contributed by atoms with Crippen molar-refractivity contribution in [1.29, 1.82) is 0 Å². The standard InChI is InChI=1S/C24H27NO5/c1-4-6-13-29-21-12-11-17(14-22(21)28-5-2)24(27)30-15-20(26)23-16(3)25-19-10-8-7-9-18(19)23/h7-12,14,25H,4-6,13,15H2,1-3H3. The van der Waals surface area contributed by atoms with Gasteiger partial charge in [-0.3, -0.25) is 4.79 Å². The average Bonchev–Trinajstić information content (AvgIpc) is 3.08. The van der Waals surface area contributed by atoms with Gasteiger partial charge in [-0.15, -0.1) is 0 Å². The number of aromatic nitrogens is 1. The van der Waals surface area contributed by atoms with E-state index in [9.17, 15) is 9.59 Å². The van der Waals surface area contributed by atoms with Gasteiger partial charge >= 0.3 is 5.97 Å². The van der Waals surface area contributed by atoms with Crippen LogP contribution in [0.25, 0.3) is 10.9 Å². The lowest BCUT2D eigenvalue weighted by molar-refractivity contribution is 0.0474. The van der Waals surface area contributed by atoms with E-state index in [1.807, 2.05) is 38.1 Å². The number of para-hydroxylation sites is 1. The number of rotatable bonds is 10. The first kappa shape index (κ1) is 21.4. The van der Waals surface area contributed by atoms with E-state index in [1.54, 1.807) is 18.2 Å². The molecule has 0 saturated carbocycles. The number of ether oxygens (including phenoxy) is 3. The predicted molar refractivity (Wildman–Crippen MR) is 116 cm³/mol. The van der Waals surface area contributed by atoms with Gasteiger partial charge in [-0.25, -0.2) is 4.79 Å². The molecule has 0 amide bonds. The molecule has 0 saturated heterocycles. The summed E-state index contributed by atoms with van der Waals surface area (Å²) in [5.74, 6) is 0.249. The number of Topliss-reactive ketones (excluding diaryl/α,β-unsaturated/α-hetero) is 1. The van der Waals surface area contributed by atoms with Gasteiger partial charge in [0.1, 0.15) is 0 Å². The highest BCUT2D eigenvalue weighted by molar-refractivity contribution is 6.10. The number of unbranched alkanes of at least 4 members (excludes halogenated alkanes) is 1. The Labute approximate surface area is 176 Å². The van der Waals surface area contributed by atoms with E-state index in [0.717, 1.165) is 29.4 Å². The van der Waals surface area contributed by atoms with Crippen LogP contribution in [0.2, 0.25) is 0 Å². The fraction of sp³-hybridized carbons (Fsp3) is 0.333. The summed E-state index contributed by atoms with van der Waals surface area (Å²) in [7, 11) is 0. The topological polar surface area (TPSA) is 77.6 Å². The molecule has 1 heterocycles. The fourth-order valence-corrected chi connectivity index (χ4v) is 3.27. The Kier molecular flexibility index (Phi) is 7.12. The molecular formula is C24H27NO5. The molecule has 2 aromatic carbocycles. The van der Waals surface area contributed by atoms with Crippen LogP contribution in [0.3, 0.4) is 0 Å². The highest BCUT2D eigenvalue weighted by Crippen LogP contribution is 2.29. The summed E-state index contributed by atoms with van der Waals surface area (Å²) in [5, 5.41) is 0.822. The van der Waals surface area contributed by atoms with Gasteiger partial charge in [0.05, 0.1) is 18.8 Å². The number of H-pyrrole nitrogens is 1. The quantitative estimate of drug-likeness (QED) is 0.287. The first-order chi connectivity index (χ1) is 14.5. The van der Waals surface area contributed by atoms with E-state index in [4.69, 9.17) is 14.2 Å². The normalized spacial score (nSPS) is 10.8. The summed E-state index contributed by atoms with van der Waals surface area (Å²) in [4.78, 5) is 28.4. The van der Waals surface area contributed by atoms with E-state index in [0.29, 0.717) is 35.8 Å². The van der Waals surface area contributed by atoms with Gasteiger partial charge in [-0.2, -0.15) is 0 Å². The number of aryl methyl sites for hydroxylation is 1. The second-order valence-corrected chi connectivity index (χ2v) is 6.97. The van der Waals surface area contributed by atoms with Crippen LogP contribution in [0.5, 0.6) is 11.5 Å². The summed E-state index contributed by atoms with van der Waals surface area (Å²) in [5.41, 5.74) is 2.49. The fourth-order valence-electron chi connectivity index (χ4n) is 3.27. The van der Waals surface area contributed by atoms with Gasteiger partial charge in [0.25, 0.3) is 0 Å². The van der Waals surface area contributed by atoms with Crippen molar-refractivity contribution in [2.24, 2.45) is 0 Å². The van der Waals surface area contributed by atoms with Gasteiger partial charge in [-0.05, 0) is 44.5 Å². The van der Waals surface area contributed by atoms with Crippen molar-refractivity contribution in [2.45, 2.75) is 33.6 Å². The number of ketones is 1. The molecule has 1 aromatic heterocycles. The molecule has 0 unspecified atom stereocenters. The van der Waals surface area contributed by atoms with E-state index < -0.39 is 5.97 Å². The van der Waals surface area contributed by atoms with Crippen molar-refractivity contribution >= 4 is 22.7 Å². The van der Waals surface area contributed by atoms with Gasteiger partial charge in [0.2, 0.25) is 5.78 Å². The largest absolute Gasteiger partial charge is 0.490 e. The van der Waals surface area contributed by atoms with Crippen molar-refractivity contribution in [3.05, 3.63) is 59.3 Å². The number of aromatic amines is 1. The zero-order chi connectivity index (χ0) is 21.5. The maximum atomic E-state index is 12.7. The van der Waals surface area contributed by atoms with Gasteiger partial charge < -0.3 is 19.2 Å². The van der Waals surface area contributed by atoms with Crippen molar-refractivity contribution < 1.29 is 23.8 Å². The van der Waals surface area contributed by atoms with Crippen molar-refractivity contribution in [1.82, 2.24) is 4.98 Å². The van der Waals surface area contributed by atoms with Crippen LogP contribution in [0.4, 0.5) is 0 Å². The first-order valence-corrected chi connectivity index (χ1v) is 10.2. The summed E-state index contributed by atoms with van der Waals surface area (Å²) in [6.45, 7) is 6.48. The maximum Gasteiger partial charge on any atom is 0.338 e. The lowest BCUT2D eigenvalue weighted by Gasteiger charge is -2.13. The van der Waals surface area contributed by atoms with Crippen LogP contribution in [-0.4, -0.2) is 36.6 Å². The molecule has 0 aliphatic heterocycles. The minimum absolute atomic E-state index is 0.247. The third kappa shape index (κ3) is 4.82. The van der Waals surface area contributed by atoms with Gasteiger partial charge in [-0.1, -0.05) is 31.5 Å². The summed E-state index contributed by atoms with van der Waals surface area (Å²) in [6.07, 6.45) is 1.96. The third-order valence-corrected chi connectivity index (χ3v) is 4.74. The van der Waals surface area contributed by atoms with Crippen LogP contribution in [0.15, 0.2) is 42.5 Å². The molecule has 0 atom stereocenters. The summed E-state index contributed by atoms with van der Waals surface area (Å²) >= 11 is 0. The van der Waals surface area contributed by atoms with Crippen molar-refractivity contribution in [2.75, 3.05) is 19.8 Å². The number of carbonyl (C=O) groups excluding carboxylic acids is 2. The molecule has 0 radical (unpaired) electrons. The zero-order valence-corrected chi connectivity index (χ0v) is 17.6. The minimum Gasteiger partial charge on any atom is -0.490 e. The molecule has 0 fully saturated rings. The van der Waals surface area contributed by atoms with Crippen LogP contribution in [-0.2, 0) is 4.74 Å². The second-order valence-electron chi connectivity index (χ2n) is 6.97. The average molecular weight is 409 g/mol. The lowest BCUT2D eigenvalue weighted by Crippen LogP contribution is -2.15. The molecule has 0 spiro atoms. The van der Waals surface area contributed by atoms with Crippen LogP contribution in [0, 0.1) is 6.92 Å². The number of esters is 1. The molecule has 0 bridgehead atoms. The highest BCUT2D eigenvalue weighted by atomic mass is 16.5. The van der Waals surface area contributed by atoms with Crippen molar-refractivity contribution in [3.8, 4) is 11.5 Å². The summed E-state index contributed by atoms with van der Waals surface area (Å²) < 4.78 is 16.6. The van der Waals surface area contributed by atoms with E-state index >= 15 is 0 Å². The van der Waals surface area contributed by atoms with Crippen LogP contribution >= 0.6 is 0 Å². The van der Waals surface area contributed by atoms with Gasteiger partial charge in [0, 0.05) is 22.2 Å². The number of nitrogens with one attached hydrogen (secondary N) is 1. The molecular weight excluding hydrogens is 382 g/mol. The van der Waals surface area contributed by atoms with Crippen LogP contribution < -0.4 is 9.47 Å². The van der Waals surface area contributed by atoms with E-state index in [1.165, 1.54) is 0 Å². The van der Waals surface area contributed by atoms with Gasteiger partial charge in [0.15, 0.2) is 18.1 Å². The van der Waals surface area contributed by atoms with Crippen molar-refractivity contribution in [3.63, 3.8) is 0 Å². The lowest BCUT2D eigenvalue weighted by atomic mass is 10.1. The molecule has 30 heavy (non-hydrogen) atoms. The minimum atomic E-state index is -0.582. The molecule has 1 N–H and O–H groups in total. The Hall–Kier alpha value is -3.28. The first-order valence-electron chi connectivity index (χ1n) is 10.2. The molecule has 6 heteroatoms. The second kappa shape index (κ2) is 9.96. The highest BCUT2D eigenvalue weighted by Gasteiger charge is 2.19. The molecule has 0 aliphatic carbocycles. The number of hydrogen-bond donors (Lipinski definition) is 1. The molecule has 6 nitrogen and oxygen atoms in total. The smallest absolute Gasteiger partial charge is 0.338 e. The number of benzene rings is 2. The monoisotopic (exact) mass is 409 g/mol. The van der Waals surface area contributed by atoms with E-state index in [2.05, 4.69) is 11.9 Å². The molecule has 0 aliphatic rings. The maximum absolute atomic E-state index is 12.7. The Morgan fingerprint density at radius 1 is 1.00 bits per heavy atom. The Morgan fingerprint density at radius 2 is 1.80 bits per heavy atom. The molecule has 3 rings (SSSR count). The molecule has 3 aromatic rings. The zero-order valence-electron chi connectivity index (χ0n) is 17.6. The van der Waals surface area contributed by atoms with E-state index in [-0.39, 0.29) is 12.4 Å². The number of hydrogen-bond acceptors (Lipinski definition) is 5. The Morgan fingerprint density at radius 3 is 2.57 bits per heavy atom. The van der Waals surface area contributed by atoms with Crippen LogP contribution in [0.1, 0.15) is 53.1 Å².